The second-order valence-corrected chi connectivity index (χ2v) is 4.32. The SMILES string of the molecule is Cc1ccc(-c2ccc(C)c(O)c2)c(C)c1. The third kappa shape index (κ3) is 1.94. The summed E-state index contributed by atoms with van der Waals surface area (Å²) in [5.41, 5.74) is 5.66. The van der Waals surface area contributed by atoms with Crippen LogP contribution in [0.5, 0.6) is 5.75 Å². The molecule has 0 heterocycles. The molecule has 0 bridgehead atoms. The summed E-state index contributed by atoms with van der Waals surface area (Å²) in [6.45, 7) is 6.09. The molecule has 0 spiro atoms. The van der Waals surface area contributed by atoms with E-state index >= 15 is 0 Å². The van der Waals surface area contributed by atoms with Crippen LogP contribution >= 0.6 is 0 Å². The van der Waals surface area contributed by atoms with Crippen molar-refractivity contribution in [2.75, 3.05) is 0 Å². The summed E-state index contributed by atoms with van der Waals surface area (Å²) in [7, 11) is 0. The lowest BCUT2D eigenvalue weighted by atomic mass is 9.98. The third-order valence-corrected chi connectivity index (χ3v) is 2.90. The maximum Gasteiger partial charge on any atom is 0.119 e. The summed E-state index contributed by atoms with van der Waals surface area (Å²) >= 11 is 0. The van der Waals surface area contributed by atoms with Crippen LogP contribution in [0.2, 0.25) is 0 Å². The van der Waals surface area contributed by atoms with Gasteiger partial charge in [0, 0.05) is 0 Å². The van der Waals surface area contributed by atoms with Gasteiger partial charge in [-0.15, -0.1) is 0 Å². The van der Waals surface area contributed by atoms with Crippen LogP contribution < -0.4 is 0 Å². The van der Waals surface area contributed by atoms with Gasteiger partial charge in [-0.1, -0.05) is 35.9 Å². The van der Waals surface area contributed by atoms with E-state index in [2.05, 4.69) is 32.0 Å². The Morgan fingerprint density at radius 2 is 1.56 bits per heavy atom. The van der Waals surface area contributed by atoms with E-state index in [1.165, 1.54) is 16.7 Å². The number of hydrogen-bond acceptors (Lipinski definition) is 1. The Hall–Kier alpha value is -1.76. The highest BCUT2D eigenvalue weighted by Gasteiger charge is 2.04. The molecule has 2 rings (SSSR count). The van der Waals surface area contributed by atoms with Crippen LogP contribution in [0, 0.1) is 20.8 Å². The predicted octanol–water partition coefficient (Wildman–Crippen LogP) is 3.98. The molecule has 0 amide bonds. The first kappa shape index (κ1) is 10.7. The first-order valence-corrected chi connectivity index (χ1v) is 5.45. The zero-order valence-electron chi connectivity index (χ0n) is 9.91. The molecule has 0 aliphatic carbocycles. The molecule has 0 aliphatic rings. The van der Waals surface area contributed by atoms with Gasteiger partial charge < -0.3 is 5.11 Å². The summed E-state index contributed by atoms with van der Waals surface area (Å²) < 4.78 is 0. The van der Waals surface area contributed by atoms with Crippen molar-refractivity contribution in [3.8, 4) is 16.9 Å². The molecule has 0 aromatic heterocycles. The van der Waals surface area contributed by atoms with Gasteiger partial charge in [-0.3, -0.25) is 0 Å². The van der Waals surface area contributed by atoms with Gasteiger partial charge in [0.25, 0.3) is 0 Å². The average molecular weight is 212 g/mol. The van der Waals surface area contributed by atoms with Gasteiger partial charge >= 0.3 is 0 Å². The lowest BCUT2D eigenvalue weighted by molar-refractivity contribution is 0.471. The highest BCUT2D eigenvalue weighted by Crippen LogP contribution is 2.28. The molecule has 16 heavy (non-hydrogen) atoms. The zero-order valence-corrected chi connectivity index (χ0v) is 9.91. The number of benzene rings is 2. The maximum atomic E-state index is 9.71. The fourth-order valence-corrected chi connectivity index (χ4v) is 1.91. The van der Waals surface area contributed by atoms with Crippen molar-refractivity contribution >= 4 is 0 Å². The smallest absolute Gasteiger partial charge is 0.119 e. The largest absolute Gasteiger partial charge is 0.508 e. The molecule has 0 radical (unpaired) electrons. The molecular weight excluding hydrogens is 196 g/mol. The quantitative estimate of drug-likeness (QED) is 0.758. The fraction of sp³-hybridized carbons (Fsp3) is 0.200. The second-order valence-electron chi connectivity index (χ2n) is 4.32. The number of rotatable bonds is 1. The molecule has 0 aliphatic heterocycles. The Morgan fingerprint density at radius 1 is 0.812 bits per heavy atom. The minimum Gasteiger partial charge on any atom is -0.508 e. The van der Waals surface area contributed by atoms with E-state index in [-0.39, 0.29) is 0 Å². The number of hydrogen-bond donors (Lipinski definition) is 1. The summed E-state index contributed by atoms with van der Waals surface area (Å²) in [4.78, 5) is 0. The number of phenolic OH excluding ortho intramolecular Hbond substituents is 1. The zero-order chi connectivity index (χ0) is 11.7. The normalized spacial score (nSPS) is 10.4. The molecule has 0 saturated heterocycles. The number of aromatic hydroxyl groups is 1. The van der Waals surface area contributed by atoms with Crippen molar-refractivity contribution in [3.05, 3.63) is 53.1 Å². The Bertz CT molecular complexity index is 527. The van der Waals surface area contributed by atoms with E-state index in [1.54, 1.807) is 0 Å². The minimum absolute atomic E-state index is 0.359. The highest BCUT2D eigenvalue weighted by molar-refractivity contribution is 5.69. The summed E-state index contributed by atoms with van der Waals surface area (Å²) in [5, 5.41) is 9.71. The van der Waals surface area contributed by atoms with Crippen LogP contribution in [0.3, 0.4) is 0 Å². The summed E-state index contributed by atoms with van der Waals surface area (Å²) in [6, 6.07) is 12.2. The number of phenols is 1. The van der Waals surface area contributed by atoms with Gasteiger partial charge in [0.15, 0.2) is 0 Å². The monoisotopic (exact) mass is 212 g/mol. The van der Waals surface area contributed by atoms with Crippen molar-refractivity contribution in [3.63, 3.8) is 0 Å². The second kappa shape index (κ2) is 4.01. The maximum absolute atomic E-state index is 9.71. The van der Waals surface area contributed by atoms with Crippen molar-refractivity contribution in [1.82, 2.24) is 0 Å². The van der Waals surface area contributed by atoms with Crippen LogP contribution in [-0.4, -0.2) is 5.11 Å². The number of aryl methyl sites for hydroxylation is 3. The molecule has 0 atom stereocenters. The predicted molar refractivity (Wildman–Crippen MR) is 67.8 cm³/mol. The Balaban J connectivity index is 2.54. The molecular formula is C15H16O. The van der Waals surface area contributed by atoms with Crippen LogP contribution in [0.15, 0.2) is 36.4 Å². The van der Waals surface area contributed by atoms with Crippen LogP contribution in [-0.2, 0) is 0 Å². The van der Waals surface area contributed by atoms with Crippen LogP contribution in [0.1, 0.15) is 16.7 Å². The first-order chi connectivity index (χ1) is 7.58. The van der Waals surface area contributed by atoms with Crippen molar-refractivity contribution in [2.24, 2.45) is 0 Å². The van der Waals surface area contributed by atoms with Crippen molar-refractivity contribution < 1.29 is 5.11 Å². The lowest BCUT2D eigenvalue weighted by Crippen LogP contribution is -1.85. The van der Waals surface area contributed by atoms with E-state index in [0.29, 0.717) is 5.75 Å². The van der Waals surface area contributed by atoms with E-state index in [0.717, 1.165) is 11.1 Å². The molecule has 0 unspecified atom stereocenters. The third-order valence-electron chi connectivity index (χ3n) is 2.90. The van der Waals surface area contributed by atoms with Crippen LogP contribution in [0.4, 0.5) is 0 Å². The lowest BCUT2D eigenvalue weighted by Gasteiger charge is -2.08. The Kier molecular flexibility index (Phi) is 2.69. The van der Waals surface area contributed by atoms with Gasteiger partial charge in [-0.2, -0.15) is 0 Å². The standard InChI is InChI=1S/C15H16O/c1-10-4-7-14(12(3)8-10)13-6-5-11(2)15(16)9-13/h4-9,16H,1-3H3. The fourth-order valence-electron chi connectivity index (χ4n) is 1.91. The van der Waals surface area contributed by atoms with Crippen molar-refractivity contribution in [2.45, 2.75) is 20.8 Å². The average Bonchev–Trinajstić information content (AvgIpc) is 2.22. The molecule has 2 aromatic rings. The van der Waals surface area contributed by atoms with E-state index in [1.807, 2.05) is 25.1 Å². The van der Waals surface area contributed by atoms with Gasteiger partial charge in [0.2, 0.25) is 0 Å². The van der Waals surface area contributed by atoms with E-state index in [4.69, 9.17) is 0 Å². The van der Waals surface area contributed by atoms with Crippen molar-refractivity contribution in [1.29, 1.82) is 0 Å². The first-order valence-electron chi connectivity index (χ1n) is 5.45. The summed E-state index contributed by atoms with van der Waals surface area (Å²) in [6.07, 6.45) is 0. The van der Waals surface area contributed by atoms with E-state index in [9.17, 15) is 5.11 Å². The summed E-state index contributed by atoms with van der Waals surface area (Å²) in [5.74, 6) is 0.359. The molecule has 0 saturated carbocycles. The molecule has 1 heteroatoms. The minimum atomic E-state index is 0.359. The van der Waals surface area contributed by atoms with Gasteiger partial charge in [0.1, 0.15) is 5.75 Å². The molecule has 1 N–H and O–H groups in total. The topological polar surface area (TPSA) is 20.2 Å². The molecule has 0 fully saturated rings. The van der Waals surface area contributed by atoms with Crippen LogP contribution in [0.25, 0.3) is 11.1 Å². The van der Waals surface area contributed by atoms with Gasteiger partial charge in [0.05, 0.1) is 0 Å². The molecule has 2 aromatic carbocycles. The van der Waals surface area contributed by atoms with E-state index < -0.39 is 0 Å². The molecule has 82 valence electrons. The highest BCUT2D eigenvalue weighted by atomic mass is 16.3. The molecule has 1 nitrogen and oxygen atoms in total. The Labute approximate surface area is 96.4 Å². The van der Waals surface area contributed by atoms with Gasteiger partial charge in [-0.25, -0.2) is 0 Å². The Morgan fingerprint density at radius 3 is 2.19 bits per heavy atom. The van der Waals surface area contributed by atoms with Gasteiger partial charge in [-0.05, 0) is 49.1 Å².